The summed E-state index contributed by atoms with van der Waals surface area (Å²) in [5.74, 6) is 0.344. The number of nitrogens with zero attached hydrogens (tertiary/aromatic N) is 1. The van der Waals surface area contributed by atoms with Gasteiger partial charge in [0.05, 0.1) is 0 Å². The van der Waals surface area contributed by atoms with Crippen molar-refractivity contribution in [2.75, 3.05) is 13.1 Å². The minimum atomic E-state index is 0.256. The van der Waals surface area contributed by atoms with Gasteiger partial charge in [-0.15, -0.1) is 0 Å². The number of allylic oxidation sites excluding steroid dienone is 1. The van der Waals surface area contributed by atoms with Crippen LogP contribution in [-0.4, -0.2) is 24.1 Å². The van der Waals surface area contributed by atoms with Crippen LogP contribution in [0.5, 0.6) is 0 Å². The van der Waals surface area contributed by atoms with Gasteiger partial charge in [-0.2, -0.15) is 0 Å². The molecule has 0 spiro atoms. The normalized spacial score (nSPS) is 18.7. The molecule has 0 radical (unpaired) electrons. The third-order valence-electron chi connectivity index (χ3n) is 2.80. The molecule has 86 valence electrons. The molecule has 0 aromatic rings. The van der Waals surface area contributed by atoms with Gasteiger partial charge in [0.1, 0.15) is 5.84 Å². The second-order valence-corrected chi connectivity index (χ2v) is 4.68. The highest BCUT2D eigenvalue weighted by Crippen LogP contribution is 2.48. The van der Waals surface area contributed by atoms with E-state index in [1.54, 1.807) is 0 Å². The van der Waals surface area contributed by atoms with Gasteiger partial charge < -0.3 is 16.3 Å². The second-order valence-electron chi connectivity index (χ2n) is 4.68. The van der Waals surface area contributed by atoms with E-state index in [4.69, 9.17) is 10.9 Å². The summed E-state index contributed by atoms with van der Waals surface area (Å²) in [6, 6.07) is 0. The predicted molar refractivity (Wildman–Crippen MR) is 62.0 cm³/mol. The summed E-state index contributed by atoms with van der Waals surface area (Å²) >= 11 is 0. The molecule has 1 saturated carbocycles. The van der Waals surface area contributed by atoms with Crippen molar-refractivity contribution in [1.82, 2.24) is 5.32 Å². The minimum Gasteiger partial charge on any atom is -0.409 e. The van der Waals surface area contributed by atoms with Crippen LogP contribution >= 0.6 is 0 Å². The molecule has 0 atom stereocenters. The highest BCUT2D eigenvalue weighted by Gasteiger charge is 2.42. The molecule has 0 heterocycles. The standard InChI is InChI=1S/C11H21N3O/c1-9(2)3-6-13-8-11(4-5-11)7-10(12)14-15/h3,13,15H,4-8H2,1-2H3,(H2,12,14). The highest BCUT2D eigenvalue weighted by molar-refractivity contribution is 5.80. The summed E-state index contributed by atoms with van der Waals surface area (Å²) in [7, 11) is 0. The Morgan fingerprint density at radius 3 is 2.67 bits per heavy atom. The van der Waals surface area contributed by atoms with Gasteiger partial charge in [0.15, 0.2) is 0 Å². The van der Waals surface area contributed by atoms with Crippen molar-refractivity contribution in [3.8, 4) is 0 Å². The smallest absolute Gasteiger partial charge is 0.139 e. The van der Waals surface area contributed by atoms with Crippen molar-refractivity contribution in [2.24, 2.45) is 16.3 Å². The number of hydrogen-bond donors (Lipinski definition) is 3. The molecule has 4 heteroatoms. The lowest BCUT2D eigenvalue weighted by Crippen LogP contribution is -2.28. The molecule has 0 bridgehead atoms. The second kappa shape index (κ2) is 5.16. The topological polar surface area (TPSA) is 70.6 Å². The molecule has 1 rings (SSSR count). The maximum absolute atomic E-state index is 8.50. The molecule has 0 aromatic carbocycles. The molecular weight excluding hydrogens is 190 g/mol. The molecule has 1 fully saturated rings. The molecule has 4 N–H and O–H groups in total. The Morgan fingerprint density at radius 2 is 2.20 bits per heavy atom. The van der Waals surface area contributed by atoms with Crippen LogP contribution in [0.1, 0.15) is 33.1 Å². The van der Waals surface area contributed by atoms with E-state index in [0.717, 1.165) is 13.1 Å². The van der Waals surface area contributed by atoms with Crippen LogP contribution in [0.15, 0.2) is 16.8 Å². The SMILES string of the molecule is CC(C)=CCNCC1(CC(N)=NO)CC1. The van der Waals surface area contributed by atoms with Crippen molar-refractivity contribution >= 4 is 5.84 Å². The lowest BCUT2D eigenvalue weighted by molar-refractivity contribution is 0.314. The monoisotopic (exact) mass is 211 g/mol. The molecule has 1 aliphatic rings. The molecule has 0 aromatic heterocycles. The molecule has 0 unspecified atom stereocenters. The first-order chi connectivity index (χ1) is 7.08. The number of nitrogens with one attached hydrogen (secondary N) is 1. The highest BCUT2D eigenvalue weighted by atomic mass is 16.4. The maximum Gasteiger partial charge on any atom is 0.139 e. The van der Waals surface area contributed by atoms with Crippen LogP contribution in [0, 0.1) is 5.41 Å². The van der Waals surface area contributed by atoms with E-state index in [9.17, 15) is 0 Å². The van der Waals surface area contributed by atoms with Crippen molar-refractivity contribution in [1.29, 1.82) is 0 Å². The maximum atomic E-state index is 8.50. The molecule has 0 saturated heterocycles. The number of amidine groups is 1. The summed E-state index contributed by atoms with van der Waals surface area (Å²) in [5, 5.41) is 14.9. The summed E-state index contributed by atoms with van der Waals surface area (Å²) in [4.78, 5) is 0. The lowest BCUT2D eigenvalue weighted by Gasteiger charge is -2.14. The van der Waals surface area contributed by atoms with Gasteiger partial charge in [-0.05, 0) is 32.1 Å². The fourth-order valence-corrected chi connectivity index (χ4v) is 1.63. The first-order valence-corrected chi connectivity index (χ1v) is 5.38. The van der Waals surface area contributed by atoms with Crippen molar-refractivity contribution in [3.05, 3.63) is 11.6 Å². The zero-order chi connectivity index (χ0) is 11.3. The average molecular weight is 211 g/mol. The first-order valence-electron chi connectivity index (χ1n) is 5.38. The van der Waals surface area contributed by atoms with Crippen LogP contribution in [0.3, 0.4) is 0 Å². The third-order valence-corrected chi connectivity index (χ3v) is 2.80. The van der Waals surface area contributed by atoms with E-state index >= 15 is 0 Å². The zero-order valence-electron chi connectivity index (χ0n) is 9.58. The van der Waals surface area contributed by atoms with Crippen molar-refractivity contribution in [2.45, 2.75) is 33.1 Å². The Hall–Kier alpha value is -1.03. The minimum absolute atomic E-state index is 0.256. The van der Waals surface area contributed by atoms with E-state index < -0.39 is 0 Å². The Morgan fingerprint density at radius 1 is 1.53 bits per heavy atom. The Balaban J connectivity index is 2.23. The lowest BCUT2D eigenvalue weighted by atomic mass is 10.0. The quantitative estimate of drug-likeness (QED) is 0.155. The van der Waals surface area contributed by atoms with Crippen molar-refractivity contribution < 1.29 is 5.21 Å². The average Bonchev–Trinajstić information content (AvgIpc) is 2.93. The van der Waals surface area contributed by atoms with Gasteiger partial charge in [-0.3, -0.25) is 0 Å². The van der Waals surface area contributed by atoms with E-state index in [-0.39, 0.29) is 5.41 Å². The number of oxime groups is 1. The molecule has 1 aliphatic carbocycles. The molecule has 15 heavy (non-hydrogen) atoms. The van der Waals surface area contributed by atoms with Crippen LogP contribution in [0.4, 0.5) is 0 Å². The number of rotatable bonds is 6. The molecule has 0 aliphatic heterocycles. The van der Waals surface area contributed by atoms with Crippen LogP contribution < -0.4 is 11.1 Å². The van der Waals surface area contributed by atoms with Gasteiger partial charge in [-0.1, -0.05) is 16.8 Å². The number of nitrogens with two attached hydrogens (primary N) is 1. The third kappa shape index (κ3) is 4.34. The van der Waals surface area contributed by atoms with E-state index in [1.807, 2.05) is 0 Å². The van der Waals surface area contributed by atoms with Crippen LogP contribution in [0.2, 0.25) is 0 Å². The molecule has 4 nitrogen and oxygen atoms in total. The molecular formula is C11H21N3O. The Kier molecular flexibility index (Phi) is 4.15. The predicted octanol–water partition coefficient (Wildman–Crippen LogP) is 1.46. The van der Waals surface area contributed by atoms with Gasteiger partial charge >= 0.3 is 0 Å². The Bertz CT molecular complexity index is 263. The zero-order valence-corrected chi connectivity index (χ0v) is 9.58. The van der Waals surface area contributed by atoms with Crippen molar-refractivity contribution in [3.63, 3.8) is 0 Å². The van der Waals surface area contributed by atoms with Gasteiger partial charge in [-0.25, -0.2) is 0 Å². The summed E-state index contributed by atoms with van der Waals surface area (Å²) in [6.07, 6.45) is 5.21. The molecule has 0 amide bonds. The largest absolute Gasteiger partial charge is 0.409 e. The van der Waals surface area contributed by atoms with E-state index in [0.29, 0.717) is 12.3 Å². The van der Waals surface area contributed by atoms with Gasteiger partial charge in [0.2, 0.25) is 0 Å². The van der Waals surface area contributed by atoms with Crippen LogP contribution in [0.25, 0.3) is 0 Å². The van der Waals surface area contributed by atoms with E-state index in [2.05, 4.69) is 30.4 Å². The van der Waals surface area contributed by atoms with E-state index in [1.165, 1.54) is 18.4 Å². The number of hydrogen-bond acceptors (Lipinski definition) is 3. The fourth-order valence-electron chi connectivity index (χ4n) is 1.63. The van der Waals surface area contributed by atoms with Crippen LogP contribution in [-0.2, 0) is 0 Å². The summed E-state index contributed by atoms with van der Waals surface area (Å²) in [6.45, 7) is 6.03. The first kappa shape index (κ1) is 12.0. The summed E-state index contributed by atoms with van der Waals surface area (Å²) in [5.41, 5.74) is 7.09. The Labute approximate surface area is 91.2 Å². The van der Waals surface area contributed by atoms with Gasteiger partial charge in [0, 0.05) is 19.5 Å². The fraction of sp³-hybridized carbons (Fsp3) is 0.727. The van der Waals surface area contributed by atoms with Gasteiger partial charge in [0.25, 0.3) is 0 Å². The summed E-state index contributed by atoms with van der Waals surface area (Å²) < 4.78 is 0.